The topological polar surface area (TPSA) is 17.1 Å². The second kappa shape index (κ2) is 5.58. The van der Waals surface area contributed by atoms with Crippen LogP contribution in [0.15, 0.2) is 48.5 Å². The number of carbonyl (C=O) groups excluding carboxylic acids is 1. The molecule has 1 unspecified atom stereocenters. The monoisotopic (exact) mass is 242 g/mol. The minimum atomic E-state index is -0.302. The van der Waals surface area contributed by atoms with Gasteiger partial charge in [0, 0.05) is 5.92 Å². The van der Waals surface area contributed by atoms with Crippen molar-refractivity contribution < 1.29 is 9.18 Å². The summed E-state index contributed by atoms with van der Waals surface area (Å²) in [5.74, 6) is -0.592. The third-order valence-corrected chi connectivity index (χ3v) is 3.14. The van der Waals surface area contributed by atoms with Crippen LogP contribution in [0.1, 0.15) is 22.6 Å². The first kappa shape index (κ1) is 12.5. The van der Waals surface area contributed by atoms with Gasteiger partial charge in [0.05, 0.1) is 0 Å². The van der Waals surface area contributed by atoms with E-state index in [0.29, 0.717) is 6.42 Å². The fourth-order valence-electron chi connectivity index (χ4n) is 2.06. The van der Waals surface area contributed by atoms with Gasteiger partial charge in [0.15, 0.2) is 0 Å². The van der Waals surface area contributed by atoms with E-state index in [1.54, 1.807) is 12.1 Å². The summed E-state index contributed by atoms with van der Waals surface area (Å²) in [5, 5.41) is 0. The first-order valence-corrected chi connectivity index (χ1v) is 5.96. The SMILES string of the molecule is Cc1ccccc1CC(C=O)c1cccc(F)c1. The van der Waals surface area contributed by atoms with Crippen LogP contribution >= 0.6 is 0 Å². The number of aldehydes is 1. The zero-order valence-corrected chi connectivity index (χ0v) is 10.3. The van der Waals surface area contributed by atoms with Crippen LogP contribution in [0.4, 0.5) is 4.39 Å². The predicted octanol–water partition coefficient (Wildman–Crippen LogP) is 3.66. The number of hydrogen-bond donors (Lipinski definition) is 0. The maximum Gasteiger partial charge on any atom is 0.127 e. The van der Waals surface area contributed by atoms with E-state index in [1.165, 1.54) is 12.1 Å². The molecule has 0 aliphatic rings. The van der Waals surface area contributed by atoms with Crippen molar-refractivity contribution in [2.75, 3.05) is 0 Å². The molecule has 92 valence electrons. The molecule has 0 amide bonds. The zero-order chi connectivity index (χ0) is 13.0. The van der Waals surface area contributed by atoms with Crippen molar-refractivity contribution in [1.82, 2.24) is 0 Å². The average Bonchev–Trinajstić information content (AvgIpc) is 2.38. The molecule has 2 aromatic carbocycles. The maximum atomic E-state index is 13.2. The molecule has 0 N–H and O–H groups in total. The van der Waals surface area contributed by atoms with Gasteiger partial charge in [-0.3, -0.25) is 0 Å². The minimum Gasteiger partial charge on any atom is -0.303 e. The molecule has 0 aliphatic heterocycles. The van der Waals surface area contributed by atoms with Crippen molar-refractivity contribution in [3.63, 3.8) is 0 Å². The summed E-state index contributed by atoms with van der Waals surface area (Å²) >= 11 is 0. The van der Waals surface area contributed by atoms with Gasteiger partial charge in [-0.15, -0.1) is 0 Å². The lowest BCUT2D eigenvalue weighted by Gasteiger charge is -2.12. The third-order valence-electron chi connectivity index (χ3n) is 3.14. The molecule has 2 aromatic rings. The van der Waals surface area contributed by atoms with E-state index in [1.807, 2.05) is 31.2 Å². The smallest absolute Gasteiger partial charge is 0.127 e. The van der Waals surface area contributed by atoms with Gasteiger partial charge >= 0.3 is 0 Å². The van der Waals surface area contributed by atoms with Crippen molar-refractivity contribution in [3.05, 3.63) is 71.0 Å². The summed E-state index contributed by atoms with van der Waals surface area (Å²) in [6.45, 7) is 2.02. The average molecular weight is 242 g/mol. The van der Waals surface area contributed by atoms with Gasteiger partial charge in [-0.05, 0) is 42.2 Å². The Hall–Kier alpha value is -1.96. The molecule has 2 heteroatoms. The van der Waals surface area contributed by atoms with Crippen LogP contribution in [0.5, 0.6) is 0 Å². The largest absolute Gasteiger partial charge is 0.303 e. The Morgan fingerprint density at radius 1 is 1.17 bits per heavy atom. The van der Waals surface area contributed by atoms with Crippen LogP contribution in [0.3, 0.4) is 0 Å². The number of aryl methyl sites for hydroxylation is 1. The van der Waals surface area contributed by atoms with Crippen LogP contribution in [-0.2, 0) is 11.2 Å². The number of hydrogen-bond acceptors (Lipinski definition) is 1. The van der Waals surface area contributed by atoms with E-state index in [4.69, 9.17) is 0 Å². The summed E-state index contributed by atoms with van der Waals surface area (Å²) in [4.78, 5) is 11.2. The Bertz CT molecular complexity index is 548. The molecule has 0 spiro atoms. The summed E-state index contributed by atoms with van der Waals surface area (Å²) in [7, 11) is 0. The second-order valence-electron chi connectivity index (χ2n) is 4.43. The second-order valence-corrected chi connectivity index (χ2v) is 4.43. The van der Waals surface area contributed by atoms with Gasteiger partial charge in [0.1, 0.15) is 12.1 Å². The summed E-state index contributed by atoms with van der Waals surface area (Å²) < 4.78 is 13.2. The molecule has 1 atom stereocenters. The first-order chi connectivity index (χ1) is 8.70. The first-order valence-electron chi connectivity index (χ1n) is 5.96. The van der Waals surface area contributed by atoms with Crippen molar-refractivity contribution in [2.24, 2.45) is 0 Å². The number of benzene rings is 2. The fraction of sp³-hybridized carbons (Fsp3) is 0.188. The van der Waals surface area contributed by atoms with E-state index in [9.17, 15) is 9.18 Å². The van der Waals surface area contributed by atoms with Crippen LogP contribution in [0.2, 0.25) is 0 Å². The highest BCUT2D eigenvalue weighted by molar-refractivity contribution is 5.63. The van der Waals surface area contributed by atoms with E-state index in [-0.39, 0.29) is 11.7 Å². The number of rotatable bonds is 4. The Morgan fingerprint density at radius 3 is 2.61 bits per heavy atom. The molecule has 18 heavy (non-hydrogen) atoms. The van der Waals surface area contributed by atoms with E-state index < -0.39 is 0 Å². The van der Waals surface area contributed by atoms with Crippen LogP contribution in [0, 0.1) is 12.7 Å². The van der Waals surface area contributed by atoms with E-state index in [0.717, 1.165) is 23.0 Å². The van der Waals surface area contributed by atoms with Gasteiger partial charge in [-0.1, -0.05) is 36.4 Å². The van der Waals surface area contributed by atoms with E-state index in [2.05, 4.69) is 0 Å². The molecule has 0 fully saturated rings. The van der Waals surface area contributed by atoms with Crippen LogP contribution < -0.4 is 0 Å². The van der Waals surface area contributed by atoms with Crippen LogP contribution in [0.25, 0.3) is 0 Å². The number of carbonyl (C=O) groups is 1. The molecule has 0 heterocycles. The lowest BCUT2D eigenvalue weighted by Crippen LogP contribution is -2.05. The van der Waals surface area contributed by atoms with Crippen molar-refractivity contribution in [2.45, 2.75) is 19.3 Å². The molecule has 0 radical (unpaired) electrons. The normalized spacial score (nSPS) is 12.1. The fourth-order valence-corrected chi connectivity index (χ4v) is 2.06. The highest BCUT2D eigenvalue weighted by atomic mass is 19.1. The molecule has 2 rings (SSSR count). The van der Waals surface area contributed by atoms with Crippen LogP contribution in [-0.4, -0.2) is 6.29 Å². The van der Waals surface area contributed by atoms with Gasteiger partial charge in [-0.25, -0.2) is 4.39 Å². The Morgan fingerprint density at radius 2 is 1.94 bits per heavy atom. The van der Waals surface area contributed by atoms with E-state index >= 15 is 0 Å². The molecule has 0 aliphatic carbocycles. The molecule has 0 bridgehead atoms. The quantitative estimate of drug-likeness (QED) is 0.748. The lowest BCUT2D eigenvalue weighted by atomic mass is 9.91. The van der Waals surface area contributed by atoms with Gasteiger partial charge in [0.25, 0.3) is 0 Å². The standard InChI is InChI=1S/C16H15FO/c1-12-5-2-3-6-13(12)9-15(11-18)14-7-4-8-16(17)10-14/h2-8,10-11,15H,9H2,1H3. The number of halogens is 1. The molecule has 0 saturated carbocycles. The summed E-state index contributed by atoms with van der Waals surface area (Å²) in [5.41, 5.74) is 3.01. The summed E-state index contributed by atoms with van der Waals surface area (Å²) in [6.07, 6.45) is 1.50. The van der Waals surface area contributed by atoms with Crippen molar-refractivity contribution in [1.29, 1.82) is 0 Å². The Balaban J connectivity index is 2.25. The Kier molecular flexibility index (Phi) is 3.88. The maximum absolute atomic E-state index is 13.2. The molecule has 0 aromatic heterocycles. The lowest BCUT2D eigenvalue weighted by molar-refractivity contribution is -0.109. The van der Waals surface area contributed by atoms with Crippen molar-refractivity contribution >= 4 is 6.29 Å². The van der Waals surface area contributed by atoms with Gasteiger partial charge in [0.2, 0.25) is 0 Å². The Labute approximate surface area is 106 Å². The van der Waals surface area contributed by atoms with Gasteiger partial charge < -0.3 is 4.79 Å². The van der Waals surface area contributed by atoms with Gasteiger partial charge in [-0.2, -0.15) is 0 Å². The molecule has 1 nitrogen and oxygen atoms in total. The predicted molar refractivity (Wildman–Crippen MR) is 70.1 cm³/mol. The molecular weight excluding hydrogens is 227 g/mol. The minimum absolute atomic E-state index is 0.290. The third kappa shape index (κ3) is 2.83. The summed E-state index contributed by atoms with van der Waals surface area (Å²) in [6, 6.07) is 14.2. The molecular formula is C16H15FO. The highest BCUT2D eigenvalue weighted by Gasteiger charge is 2.13. The zero-order valence-electron chi connectivity index (χ0n) is 10.3. The highest BCUT2D eigenvalue weighted by Crippen LogP contribution is 2.21. The molecule has 0 saturated heterocycles. The van der Waals surface area contributed by atoms with Crippen molar-refractivity contribution in [3.8, 4) is 0 Å².